The van der Waals surface area contributed by atoms with Crippen LogP contribution in [0.5, 0.6) is 0 Å². The minimum atomic E-state index is 0.738. The Labute approximate surface area is 81.5 Å². The molecule has 2 unspecified atom stereocenters. The van der Waals surface area contributed by atoms with Crippen molar-refractivity contribution in [1.29, 1.82) is 0 Å². The first-order valence-corrected chi connectivity index (χ1v) is 5.78. The van der Waals surface area contributed by atoms with Gasteiger partial charge in [0.25, 0.3) is 0 Å². The van der Waals surface area contributed by atoms with Crippen LogP contribution >= 0.6 is 0 Å². The van der Waals surface area contributed by atoms with Crippen molar-refractivity contribution in [2.24, 2.45) is 11.8 Å². The lowest BCUT2D eigenvalue weighted by atomic mass is 9.94. The van der Waals surface area contributed by atoms with Crippen LogP contribution in [-0.4, -0.2) is 25.7 Å². The van der Waals surface area contributed by atoms with Gasteiger partial charge in [-0.2, -0.15) is 0 Å². The molecule has 1 aliphatic heterocycles. The second-order valence-corrected chi connectivity index (χ2v) is 4.88. The summed E-state index contributed by atoms with van der Waals surface area (Å²) in [5, 5.41) is 7.16. The van der Waals surface area contributed by atoms with Crippen molar-refractivity contribution in [3.8, 4) is 0 Å². The summed E-state index contributed by atoms with van der Waals surface area (Å²) in [5.74, 6) is 1.94. The molecule has 76 valence electrons. The van der Waals surface area contributed by atoms with E-state index in [-0.39, 0.29) is 0 Å². The lowest BCUT2D eigenvalue weighted by Gasteiger charge is -2.28. The molecule has 2 fully saturated rings. The van der Waals surface area contributed by atoms with Crippen LogP contribution in [0.2, 0.25) is 0 Å². The molecule has 0 aromatic carbocycles. The zero-order chi connectivity index (χ0) is 9.10. The predicted octanol–water partition coefficient (Wildman–Crippen LogP) is 1.37. The van der Waals surface area contributed by atoms with Gasteiger partial charge in [-0.3, -0.25) is 0 Å². The monoisotopic (exact) mass is 182 g/mol. The van der Waals surface area contributed by atoms with E-state index in [0.29, 0.717) is 0 Å². The van der Waals surface area contributed by atoms with Crippen LogP contribution in [0, 0.1) is 11.8 Å². The van der Waals surface area contributed by atoms with Crippen LogP contribution in [0.15, 0.2) is 0 Å². The largest absolute Gasteiger partial charge is 0.315 e. The molecule has 1 heterocycles. The van der Waals surface area contributed by atoms with Crippen molar-refractivity contribution in [3.05, 3.63) is 0 Å². The molecule has 0 amide bonds. The van der Waals surface area contributed by atoms with Crippen molar-refractivity contribution >= 4 is 0 Å². The second kappa shape index (κ2) is 4.43. The maximum Gasteiger partial charge on any atom is 0.0195 e. The number of rotatable bonds is 4. The molecule has 1 saturated heterocycles. The Kier molecular flexibility index (Phi) is 3.23. The number of nitrogens with one attached hydrogen (secondary N) is 2. The van der Waals surface area contributed by atoms with E-state index in [1.54, 1.807) is 0 Å². The highest BCUT2D eigenvalue weighted by atomic mass is 15.0. The topological polar surface area (TPSA) is 24.1 Å². The molecule has 2 nitrogen and oxygen atoms in total. The van der Waals surface area contributed by atoms with Gasteiger partial charge in [-0.1, -0.05) is 6.92 Å². The van der Waals surface area contributed by atoms with E-state index >= 15 is 0 Å². The lowest BCUT2D eigenvalue weighted by molar-refractivity contribution is 0.310. The molecule has 2 atom stereocenters. The van der Waals surface area contributed by atoms with Crippen molar-refractivity contribution in [2.75, 3.05) is 19.6 Å². The van der Waals surface area contributed by atoms with Gasteiger partial charge in [-0.15, -0.1) is 0 Å². The maximum absolute atomic E-state index is 3.58. The van der Waals surface area contributed by atoms with Crippen molar-refractivity contribution < 1.29 is 0 Å². The molecule has 13 heavy (non-hydrogen) atoms. The minimum absolute atomic E-state index is 0.738. The third kappa shape index (κ3) is 3.28. The van der Waals surface area contributed by atoms with Crippen LogP contribution in [0.4, 0.5) is 0 Å². The van der Waals surface area contributed by atoms with Crippen molar-refractivity contribution in [2.45, 2.75) is 38.6 Å². The first-order chi connectivity index (χ1) is 6.34. The van der Waals surface area contributed by atoms with Gasteiger partial charge in [0.15, 0.2) is 0 Å². The third-order valence-electron chi connectivity index (χ3n) is 3.28. The number of hydrogen-bond donors (Lipinski definition) is 2. The molecule has 2 rings (SSSR count). The fraction of sp³-hybridized carbons (Fsp3) is 1.00. The summed E-state index contributed by atoms with van der Waals surface area (Å²) < 4.78 is 0. The zero-order valence-corrected chi connectivity index (χ0v) is 8.68. The van der Waals surface area contributed by atoms with Crippen LogP contribution in [0.1, 0.15) is 32.6 Å². The Balaban J connectivity index is 1.56. The highest BCUT2D eigenvalue weighted by Gasteiger charge is 2.22. The fourth-order valence-corrected chi connectivity index (χ4v) is 2.16. The first-order valence-electron chi connectivity index (χ1n) is 5.78. The standard InChI is InChI=1S/C11H22N2/c1-9-4-5-13-11(6-9)8-12-7-10-2-3-10/h9-13H,2-8H2,1H3. The zero-order valence-electron chi connectivity index (χ0n) is 8.68. The molecule has 2 aliphatic rings. The molecule has 2 heteroatoms. The van der Waals surface area contributed by atoms with Gasteiger partial charge in [-0.05, 0) is 50.6 Å². The summed E-state index contributed by atoms with van der Waals surface area (Å²) in [5.41, 5.74) is 0. The molecule has 0 aromatic rings. The van der Waals surface area contributed by atoms with E-state index in [4.69, 9.17) is 0 Å². The third-order valence-corrected chi connectivity index (χ3v) is 3.28. The molecule has 0 spiro atoms. The van der Waals surface area contributed by atoms with E-state index in [2.05, 4.69) is 17.6 Å². The molecule has 0 radical (unpaired) electrons. The molecule has 0 bridgehead atoms. The minimum Gasteiger partial charge on any atom is -0.315 e. The molecular formula is C11H22N2. The molecule has 1 saturated carbocycles. The summed E-state index contributed by atoms with van der Waals surface area (Å²) in [6.07, 6.45) is 5.64. The van der Waals surface area contributed by atoms with Crippen LogP contribution in [0.25, 0.3) is 0 Å². The Hall–Kier alpha value is -0.0800. The average molecular weight is 182 g/mol. The van der Waals surface area contributed by atoms with Gasteiger partial charge in [-0.25, -0.2) is 0 Å². The smallest absolute Gasteiger partial charge is 0.0195 e. The quantitative estimate of drug-likeness (QED) is 0.686. The summed E-state index contributed by atoms with van der Waals surface area (Å²) >= 11 is 0. The van der Waals surface area contributed by atoms with Crippen molar-refractivity contribution in [1.82, 2.24) is 10.6 Å². The molecule has 2 N–H and O–H groups in total. The van der Waals surface area contributed by atoms with Gasteiger partial charge in [0.2, 0.25) is 0 Å². The van der Waals surface area contributed by atoms with Crippen LogP contribution in [-0.2, 0) is 0 Å². The van der Waals surface area contributed by atoms with E-state index in [0.717, 1.165) is 17.9 Å². The highest BCUT2D eigenvalue weighted by Crippen LogP contribution is 2.27. The summed E-state index contributed by atoms with van der Waals surface area (Å²) in [7, 11) is 0. The Bertz CT molecular complexity index is 154. The summed E-state index contributed by atoms with van der Waals surface area (Å²) in [6, 6.07) is 0.738. The lowest BCUT2D eigenvalue weighted by Crippen LogP contribution is -2.44. The van der Waals surface area contributed by atoms with Crippen LogP contribution in [0.3, 0.4) is 0 Å². The highest BCUT2D eigenvalue weighted by molar-refractivity contribution is 4.80. The van der Waals surface area contributed by atoms with E-state index in [1.165, 1.54) is 45.3 Å². The molecule has 1 aliphatic carbocycles. The van der Waals surface area contributed by atoms with Crippen molar-refractivity contribution in [3.63, 3.8) is 0 Å². The van der Waals surface area contributed by atoms with Gasteiger partial charge in [0.05, 0.1) is 0 Å². The Morgan fingerprint density at radius 2 is 2.08 bits per heavy atom. The normalized spacial score (nSPS) is 34.8. The summed E-state index contributed by atoms with van der Waals surface area (Å²) in [6.45, 7) is 6.03. The van der Waals surface area contributed by atoms with Gasteiger partial charge in [0.1, 0.15) is 0 Å². The van der Waals surface area contributed by atoms with E-state index < -0.39 is 0 Å². The first kappa shape index (κ1) is 9.47. The fourth-order valence-electron chi connectivity index (χ4n) is 2.16. The molecule has 0 aromatic heterocycles. The second-order valence-electron chi connectivity index (χ2n) is 4.88. The van der Waals surface area contributed by atoms with Crippen LogP contribution < -0.4 is 10.6 Å². The average Bonchev–Trinajstić information content (AvgIpc) is 2.88. The maximum atomic E-state index is 3.58. The summed E-state index contributed by atoms with van der Waals surface area (Å²) in [4.78, 5) is 0. The van der Waals surface area contributed by atoms with E-state index in [1.807, 2.05) is 0 Å². The number of hydrogen-bond acceptors (Lipinski definition) is 2. The van der Waals surface area contributed by atoms with E-state index in [9.17, 15) is 0 Å². The molecular weight excluding hydrogens is 160 g/mol. The van der Waals surface area contributed by atoms with Gasteiger partial charge >= 0.3 is 0 Å². The number of piperidine rings is 1. The predicted molar refractivity (Wildman–Crippen MR) is 55.8 cm³/mol. The Morgan fingerprint density at radius 3 is 2.77 bits per heavy atom. The van der Waals surface area contributed by atoms with Gasteiger partial charge < -0.3 is 10.6 Å². The Morgan fingerprint density at radius 1 is 1.23 bits per heavy atom. The van der Waals surface area contributed by atoms with Gasteiger partial charge in [0, 0.05) is 12.6 Å². The SMILES string of the molecule is CC1CCNC(CNCC2CC2)C1.